The Labute approximate surface area is 108 Å². The SMILES string of the molecule is O=C(O)c1csc(CCNC(=O)C2CCOC2)n1. The summed E-state index contributed by atoms with van der Waals surface area (Å²) in [4.78, 5) is 26.2. The van der Waals surface area contributed by atoms with Crippen LogP contribution >= 0.6 is 11.3 Å². The molecule has 0 bridgehead atoms. The number of rotatable bonds is 5. The highest BCUT2D eigenvalue weighted by atomic mass is 32.1. The number of nitrogens with one attached hydrogen (secondary N) is 1. The van der Waals surface area contributed by atoms with E-state index in [4.69, 9.17) is 9.84 Å². The van der Waals surface area contributed by atoms with Crippen LogP contribution in [0.4, 0.5) is 0 Å². The first-order valence-electron chi connectivity index (χ1n) is 5.70. The number of amides is 1. The lowest BCUT2D eigenvalue weighted by molar-refractivity contribution is -0.124. The highest BCUT2D eigenvalue weighted by Gasteiger charge is 2.22. The van der Waals surface area contributed by atoms with E-state index in [0.29, 0.717) is 26.2 Å². The van der Waals surface area contributed by atoms with Crippen LogP contribution in [0.3, 0.4) is 0 Å². The fourth-order valence-electron chi connectivity index (χ4n) is 1.70. The van der Waals surface area contributed by atoms with Crippen molar-refractivity contribution in [1.29, 1.82) is 0 Å². The highest BCUT2D eigenvalue weighted by molar-refractivity contribution is 7.09. The molecule has 1 atom stereocenters. The molecule has 0 spiro atoms. The van der Waals surface area contributed by atoms with Crippen LogP contribution in [-0.2, 0) is 16.0 Å². The first-order chi connectivity index (χ1) is 8.66. The molecule has 0 saturated carbocycles. The van der Waals surface area contributed by atoms with Crippen molar-refractivity contribution < 1.29 is 19.4 Å². The molecule has 0 aliphatic carbocycles. The average molecular weight is 270 g/mol. The Morgan fingerprint density at radius 3 is 3.06 bits per heavy atom. The van der Waals surface area contributed by atoms with Gasteiger partial charge in [0.25, 0.3) is 0 Å². The quantitative estimate of drug-likeness (QED) is 0.815. The molecular formula is C11H14N2O4S. The zero-order valence-electron chi connectivity index (χ0n) is 9.72. The molecule has 6 nitrogen and oxygen atoms in total. The smallest absolute Gasteiger partial charge is 0.355 e. The maximum absolute atomic E-state index is 11.6. The first-order valence-corrected chi connectivity index (χ1v) is 6.58. The second-order valence-electron chi connectivity index (χ2n) is 4.03. The molecule has 0 radical (unpaired) electrons. The summed E-state index contributed by atoms with van der Waals surface area (Å²) >= 11 is 1.29. The summed E-state index contributed by atoms with van der Waals surface area (Å²) in [5, 5.41) is 13.7. The fourth-order valence-corrected chi connectivity index (χ4v) is 2.47. The van der Waals surface area contributed by atoms with Gasteiger partial charge in [-0.15, -0.1) is 11.3 Å². The third-order valence-electron chi connectivity index (χ3n) is 2.71. The molecule has 98 valence electrons. The lowest BCUT2D eigenvalue weighted by Gasteiger charge is -2.07. The lowest BCUT2D eigenvalue weighted by atomic mass is 10.1. The van der Waals surface area contributed by atoms with E-state index in [1.54, 1.807) is 0 Å². The third-order valence-corrected chi connectivity index (χ3v) is 3.62. The molecule has 2 N–H and O–H groups in total. The molecule has 2 rings (SSSR count). The van der Waals surface area contributed by atoms with E-state index >= 15 is 0 Å². The number of carbonyl (C=O) groups is 2. The molecule has 1 aromatic rings. The minimum atomic E-state index is -1.02. The Morgan fingerprint density at radius 1 is 1.61 bits per heavy atom. The number of hydrogen-bond acceptors (Lipinski definition) is 5. The van der Waals surface area contributed by atoms with Crippen molar-refractivity contribution in [2.75, 3.05) is 19.8 Å². The Kier molecular flexibility index (Phi) is 4.27. The van der Waals surface area contributed by atoms with Gasteiger partial charge < -0.3 is 15.2 Å². The van der Waals surface area contributed by atoms with Crippen molar-refractivity contribution in [2.45, 2.75) is 12.8 Å². The summed E-state index contributed by atoms with van der Waals surface area (Å²) in [5.74, 6) is -1.07. The van der Waals surface area contributed by atoms with Crippen molar-refractivity contribution in [3.63, 3.8) is 0 Å². The molecule has 1 saturated heterocycles. The van der Waals surface area contributed by atoms with Gasteiger partial charge in [0, 0.05) is 25.0 Å². The van der Waals surface area contributed by atoms with Crippen molar-refractivity contribution in [3.05, 3.63) is 16.1 Å². The van der Waals surface area contributed by atoms with Gasteiger partial charge in [-0.05, 0) is 6.42 Å². The Morgan fingerprint density at radius 2 is 2.44 bits per heavy atom. The van der Waals surface area contributed by atoms with Crippen LogP contribution in [0.15, 0.2) is 5.38 Å². The number of nitrogens with zero attached hydrogens (tertiary/aromatic N) is 1. The maximum atomic E-state index is 11.6. The van der Waals surface area contributed by atoms with Crippen LogP contribution in [0.2, 0.25) is 0 Å². The molecule has 1 aromatic heterocycles. The molecule has 1 amide bonds. The Balaban J connectivity index is 1.74. The molecule has 1 aliphatic heterocycles. The summed E-state index contributed by atoms with van der Waals surface area (Å²) in [6, 6.07) is 0. The van der Waals surface area contributed by atoms with E-state index in [0.717, 1.165) is 11.4 Å². The van der Waals surface area contributed by atoms with Crippen molar-refractivity contribution >= 4 is 23.2 Å². The molecule has 0 aromatic carbocycles. The molecule has 1 aliphatic rings. The van der Waals surface area contributed by atoms with Gasteiger partial charge in [-0.25, -0.2) is 9.78 Å². The normalized spacial score (nSPS) is 18.8. The number of aromatic nitrogens is 1. The van der Waals surface area contributed by atoms with Crippen LogP contribution < -0.4 is 5.32 Å². The number of aromatic carboxylic acids is 1. The van der Waals surface area contributed by atoms with E-state index in [2.05, 4.69) is 10.3 Å². The average Bonchev–Trinajstić information content (AvgIpc) is 3.00. The summed E-state index contributed by atoms with van der Waals surface area (Å²) in [6.45, 7) is 1.61. The van der Waals surface area contributed by atoms with E-state index < -0.39 is 5.97 Å². The second kappa shape index (κ2) is 5.92. The monoisotopic (exact) mass is 270 g/mol. The molecule has 1 fully saturated rings. The number of ether oxygens (including phenoxy) is 1. The van der Waals surface area contributed by atoms with Gasteiger partial charge in [0.2, 0.25) is 5.91 Å². The number of hydrogen-bond donors (Lipinski definition) is 2. The Bertz CT molecular complexity index is 440. The molecule has 2 heterocycles. The van der Waals surface area contributed by atoms with Crippen LogP contribution in [-0.4, -0.2) is 41.7 Å². The number of carbonyl (C=O) groups excluding carboxylic acids is 1. The second-order valence-corrected chi connectivity index (χ2v) is 4.98. The van der Waals surface area contributed by atoms with E-state index in [1.807, 2.05) is 0 Å². The fraction of sp³-hybridized carbons (Fsp3) is 0.545. The van der Waals surface area contributed by atoms with Gasteiger partial charge in [-0.1, -0.05) is 0 Å². The predicted molar refractivity (Wildman–Crippen MR) is 64.7 cm³/mol. The number of carboxylic acid groups (broad SMARTS) is 1. The van der Waals surface area contributed by atoms with Gasteiger partial charge in [0.15, 0.2) is 5.69 Å². The van der Waals surface area contributed by atoms with E-state index in [-0.39, 0.29) is 17.5 Å². The minimum absolute atomic E-state index is 0.00233. The largest absolute Gasteiger partial charge is 0.476 e. The van der Waals surface area contributed by atoms with Crippen LogP contribution in [0.5, 0.6) is 0 Å². The lowest BCUT2D eigenvalue weighted by Crippen LogP contribution is -2.32. The van der Waals surface area contributed by atoms with Gasteiger partial charge in [-0.3, -0.25) is 4.79 Å². The van der Waals surface area contributed by atoms with Crippen molar-refractivity contribution in [1.82, 2.24) is 10.3 Å². The van der Waals surface area contributed by atoms with Gasteiger partial charge >= 0.3 is 5.97 Å². The molecule has 1 unspecified atom stereocenters. The first kappa shape index (κ1) is 13.0. The summed E-state index contributed by atoms with van der Waals surface area (Å²) in [7, 11) is 0. The summed E-state index contributed by atoms with van der Waals surface area (Å²) < 4.78 is 5.14. The number of thiazole rings is 1. The number of carboxylic acids is 1. The zero-order chi connectivity index (χ0) is 13.0. The topological polar surface area (TPSA) is 88.5 Å². The molecule has 7 heteroatoms. The highest BCUT2D eigenvalue weighted by Crippen LogP contribution is 2.12. The van der Waals surface area contributed by atoms with E-state index in [9.17, 15) is 9.59 Å². The third kappa shape index (κ3) is 3.27. The van der Waals surface area contributed by atoms with Gasteiger partial charge in [0.1, 0.15) is 0 Å². The van der Waals surface area contributed by atoms with Crippen LogP contribution in [0, 0.1) is 5.92 Å². The molecule has 18 heavy (non-hydrogen) atoms. The Hall–Kier alpha value is -1.47. The molecular weight excluding hydrogens is 256 g/mol. The van der Waals surface area contributed by atoms with Gasteiger partial charge in [-0.2, -0.15) is 0 Å². The summed E-state index contributed by atoms with van der Waals surface area (Å²) in [5.41, 5.74) is 0.0607. The van der Waals surface area contributed by atoms with Crippen LogP contribution in [0.1, 0.15) is 21.9 Å². The van der Waals surface area contributed by atoms with Crippen molar-refractivity contribution in [2.24, 2.45) is 5.92 Å². The van der Waals surface area contributed by atoms with Gasteiger partial charge in [0.05, 0.1) is 17.5 Å². The minimum Gasteiger partial charge on any atom is -0.476 e. The maximum Gasteiger partial charge on any atom is 0.355 e. The van der Waals surface area contributed by atoms with Crippen molar-refractivity contribution in [3.8, 4) is 0 Å². The predicted octanol–water partition coefficient (Wildman–Crippen LogP) is 0.536. The summed E-state index contributed by atoms with van der Waals surface area (Å²) in [6.07, 6.45) is 1.32. The van der Waals surface area contributed by atoms with Crippen LogP contribution in [0.25, 0.3) is 0 Å². The standard InChI is InChI=1S/C11H14N2O4S/c14-10(7-2-4-17-5-7)12-3-1-9-13-8(6-18-9)11(15)16/h6-7H,1-5H2,(H,12,14)(H,15,16). The van der Waals surface area contributed by atoms with E-state index in [1.165, 1.54) is 16.7 Å². The zero-order valence-corrected chi connectivity index (χ0v) is 10.5.